The fourth-order valence-corrected chi connectivity index (χ4v) is 1.66. The molecule has 106 valence electrons. The zero-order valence-electron chi connectivity index (χ0n) is 11.4. The van der Waals surface area contributed by atoms with Gasteiger partial charge in [-0.25, -0.2) is 4.98 Å². The maximum absolute atomic E-state index is 12.0. The predicted molar refractivity (Wildman–Crippen MR) is 79.9 cm³/mol. The lowest BCUT2D eigenvalue weighted by atomic mass is 10.2. The molecule has 2 aromatic rings. The highest BCUT2D eigenvalue weighted by molar-refractivity contribution is 6.03. The van der Waals surface area contributed by atoms with Crippen molar-refractivity contribution in [3.8, 4) is 11.8 Å². The molecule has 0 radical (unpaired) electrons. The first kappa shape index (κ1) is 14.5. The van der Waals surface area contributed by atoms with Gasteiger partial charge in [-0.2, -0.15) is 0 Å². The number of nitrogens with two attached hydrogens (primary N) is 1. The van der Waals surface area contributed by atoms with Crippen molar-refractivity contribution < 1.29 is 4.79 Å². The summed E-state index contributed by atoms with van der Waals surface area (Å²) in [5.74, 6) is 5.36. The number of anilines is 1. The fraction of sp³-hybridized carbons (Fsp3) is 0.133. The number of rotatable bonds is 2. The summed E-state index contributed by atoms with van der Waals surface area (Å²) in [6.45, 7) is 1.99. The Labute approximate surface area is 121 Å². The van der Waals surface area contributed by atoms with E-state index in [1.54, 1.807) is 25.1 Å². The van der Waals surface area contributed by atoms with E-state index in [-0.39, 0.29) is 12.1 Å². The van der Waals surface area contributed by atoms with Crippen LogP contribution < -0.4 is 16.6 Å². The average Bonchev–Trinajstić information content (AvgIpc) is 2.45. The first-order valence-electron chi connectivity index (χ1n) is 6.26. The van der Waals surface area contributed by atoms with E-state index in [2.05, 4.69) is 27.1 Å². The van der Waals surface area contributed by atoms with Crippen LogP contribution in [0.1, 0.15) is 21.6 Å². The molecule has 0 atom stereocenters. The summed E-state index contributed by atoms with van der Waals surface area (Å²) in [7, 11) is 0. The average molecular weight is 282 g/mol. The van der Waals surface area contributed by atoms with Gasteiger partial charge in [-0.15, -0.1) is 0 Å². The minimum Gasteiger partial charge on any atom is -0.326 e. The van der Waals surface area contributed by atoms with Crippen molar-refractivity contribution in [2.24, 2.45) is 5.73 Å². The molecule has 21 heavy (non-hydrogen) atoms. The number of aromatic nitrogens is 2. The molecule has 0 aromatic carbocycles. The second-order valence-corrected chi connectivity index (χ2v) is 4.27. The smallest absolute Gasteiger partial charge is 0.262 e. The molecule has 2 rings (SSSR count). The molecule has 0 saturated carbocycles. The van der Waals surface area contributed by atoms with Crippen molar-refractivity contribution in [3.63, 3.8) is 0 Å². The van der Waals surface area contributed by atoms with E-state index in [1.807, 2.05) is 0 Å². The third-order valence-corrected chi connectivity index (χ3v) is 2.64. The number of carbonyl (C=O) groups is 1. The maximum Gasteiger partial charge on any atom is 0.262 e. The third kappa shape index (κ3) is 3.78. The molecule has 0 saturated heterocycles. The summed E-state index contributed by atoms with van der Waals surface area (Å²) in [6, 6.07) is 6.45. The molecule has 6 heteroatoms. The fourth-order valence-electron chi connectivity index (χ4n) is 1.66. The first-order chi connectivity index (χ1) is 10.1. The number of aromatic amines is 1. The minimum atomic E-state index is -0.521. The van der Waals surface area contributed by atoms with Crippen LogP contribution in [0.5, 0.6) is 0 Å². The lowest BCUT2D eigenvalue weighted by molar-refractivity contribution is 0.102. The normalized spacial score (nSPS) is 9.62. The molecule has 0 aliphatic heterocycles. The van der Waals surface area contributed by atoms with Gasteiger partial charge in [0.25, 0.3) is 11.5 Å². The third-order valence-electron chi connectivity index (χ3n) is 2.64. The molecule has 0 aliphatic rings. The Morgan fingerprint density at radius 1 is 1.43 bits per heavy atom. The van der Waals surface area contributed by atoms with Crippen LogP contribution in [0.15, 0.2) is 35.3 Å². The standard InChI is InChI=1S/C15H14N4O2/c1-10-4-5-12(14(20)18-10)15(21)19-13-9-11(3-2-7-16)6-8-17-13/h4-6,8-9H,7,16H2,1H3,(H,18,20)(H,17,19,21). The second kappa shape index (κ2) is 6.50. The molecule has 2 aromatic heterocycles. The first-order valence-corrected chi connectivity index (χ1v) is 6.26. The summed E-state index contributed by atoms with van der Waals surface area (Å²) in [4.78, 5) is 30.3. The van der Waals surface area contributed by atoms with E-state index in [0.29, 0.717) is 17.1 Å². The Morgan fingerprint density at radius 2 is 2.24 bits per heavy atom. The van der Waals surface area contributed by atoms with Gasteiger partial charge in [0.1, 0.15) is 11.4 Å². The van der Waals surface area contributed by atoms with Crippen molar-refractivity contribution in [3.05, 3.63) is 57.6 Å². The number of hydrogen-bond donors (Lipinski definition) is 3. The summed E-state index contributed by atoms with van der Waals surface area (Å²) in [5.41, 5.74) is 6.27. The van der Waals surface area contributed by atoms with Gasteiger partial charge in [0.05, 0.1) is 6.54 Å². The van der Waals surface area contributed by atoms with E-state index >= 15 is 0 Å². The number of nitrogens with zero attached hydrogens (tertiary/aromatic N) is 1. The van der Waals surface area contributed by atoms with Crippen molar-refractivity contribution in [1.82, 2.24) is 9.97 Å². The molecular weight excluding hydrogens is 268 g/mol. The largest absolute Gasteiger partial charge is 0.326 e. The molecule has 0 unspecified atom stereocenters. The van der Waals surface area contributed by atoms with Crippen LogP contribution >= 0.6 is 0 Å². The van der Waals surface area contributed by atoms with Crippen molar-refractivity contribution in [1.29, 1.82) is 0 Å². The van der Waals surface area contributed by atoms with Gasteiger partial charge < -0.3 is 16.0 Å². The van der Waals surface area contributed by atoms with E-state index in [0.717, 1.165) is 0 Å². The lowest BCUT2D eigenvalue weighted by Gasteiger charge is -2.04. The summed E-state index contributed by atoms with van der Waals surface area (Å²) >= 11 is 0. The lowest BCUT2D eigenvalue weighted by Crippen LogP contribution is -2.23. The van der Waals surface area contributed by atoms with Crippen LogP contribution in [0.2, 0.25) is 0 Å². The van der Waals surface area contributed by atoms with Gasteiger partial charge in [0.2, 0.25) is 0 Å². The van der Waals surface area contributed by atoms with Gasteiger partial charge >= 0.3 is 0 Å². The second-order valence-electron chi connectivity index (χ2n) is 4.27. The Bertz CT molecular complexity index is 784. The number of pyridine rings is 2. The maximum atomic E-state index is 12.0. The Morgan fingerprint density at radius 3 is 2.95 bits per heavy atom. The highest BCUT2D eigenvalue weighted by atomic mass is 16.2. The van der Waals surface area contributed by atoms with Crippen LogP contribution in [0.25, 0.3) is 0 Å². The van der Waals surface area contributed by atoms with Crippen LogP contribution in [-0.2, 0) is 0 Å². The van der Waals surface area contributed by atoms with Gasteiger partial charge in [0, 0.05) is 17.5 Å². The zero-order valence-corrected chi connectivity index (χ0v) is 11.4. The van der Waals surface area contributed by atoms with Gasteiger partial charge in [-0.05, 0) is 31.2 Å². The van der Waals surface area contributed by atoms with E-state index in [1.165, 1.54) is 12.3 Å². The van der Waals surface area contributed by atoms with E-state index in [9.17, 15) is 9.59 Å². The molecular formula is C15H14N4O2. The van der Waals surface area contributed by atoms with Gasteiger partial charge in [-0.3, -0.25) is 9.59 Å². The van der Waals surface area contributed by atoms with Gasteiger partial charge in [-0.1, -0.05) is 11.8 Å². The van der Waals surface area contributed by atoms with E-state index < -0.39 is 11.5 Å². The summed E-state index contributed by atoms with van der Waals surface area (Å²) < 4.78 is 0. The highest BCUT2D eigenvalue weighted by Crippen LogP contribution is 2.07. The molecule has 1 amide bonds. The topological polar surface area (TPSA) is 101 Å². The van der Waals surface area contributed by atoms with Crippen LogP contribution in [-0.4, -0.2) is 22.4 Å². The number of nitrogens with one attached hydrogen (secondary N) is 2. The Balaban J connectivity index is 2.21. The SMILES string of the molecule is Cc1ccc(C(=O)Nc2cc(C#CCN)ccn2)c(=O)[nH]1. The number of carbonyl (C=O) groups excluding carboxylic acids is 1. The molecule has 4 N–H and O–H groups in total. The number of amides is 1. The summed E-state index contributed by atoms with van der Waals surface area (Å²) in [6.07, 6.45) is 1.52. The van der Waals surface area contributed by atoms with E-state index in [4.69, 9.17) is 5.73 Å². The number of aryl methyl sites for hydroxylation is 1. The van der Waals surface area contributed by atoms with Crippen LogP contribution in [0, 0.1) is 18.8 Å². The summed E-state index contributed by atoms with van der Waals surface area (Å²) in [5, 5.41) is 2.57. The number of H-pyrrole nitrogens is 1. The van der Waals surface area contributed by atoms with Crippen LogP contribution in [0.4, 0.5) is 5.82 Å². The predicted octanol–water partition coefficient (Wildman–Crippen LogP) is 0.641. The Hall–Kier alpha value is -2.91. The zero-order chi connectivity index (χ0) is 15.2. The molecule has 0 aliphatic carbocycles. The molecule has 0 bridgehead atoms. The molecule has 0 spiro atoms. The van der Waals surface area contributed by atoms with Crippen molar-refractivity contribution >= 4 is 11.7 Å². The monoisotopic (exact) mass is 282 g/mol. The minimum absolute atomic E-state index is 0.0286. The molecule has 2 heterocycles. The quantitative estimate of drug-likeness (QED) is 0.704. The number of hydrogen-bond acceptors (Lipinski definition) is 4. The molecule has 0 fully saturated rings. The van der Waals surface area contributed by atoms with Crippen LogP contribution in [0.3, 0.4) is 0 Å². The molecule has 6 nitrogen and oxygen atoms in total. The Kier molecular flexibility index (Phi) is 4.49. The van der Waals surface area contributed by atoms with Gasteiger partial charge in [0.15, 0.2) is 0 Å². The van der Waals surface area contributed by atoms with Crippen molar-refractivity contribution in [2.45, 2.75) is 6.92 Å². The van der Waals surface area contributed by atoms with Crippen molar-refractivity contribution in [2.75, 3.05) is 11.9 Å². The highest BCUT2D eigenvalue weighted by Gasteiger charge is 2.11.